The van der Waals surface area contributed by atoms with Crippen LogP contribution in [0.2, 0.25) is 0 Å². The van der Waals surface area contributed by atoms with Gasteiger partial charge in [0.1, 0.15) is 11.8 Å². The van der Waals surface area contributed by atoms with E-state index in [0.29, 0.717) is 71.8 Å². The molecule has 6 bridgehead atoms. The molecule has 0 aromatic heterocycles. The van der Waals surface area contributed by atoms with Gasteiger partial charge in [0.15, 0.2) is 34.5 Å². The number of ether oxygens (including phenoxy) is 6. The Hall–Kier alpha value is -4.44. The maximum Gasteiger partial charge on any atom is 0.204 e. The monoisotopic (exact) mass is 638 g/mol. The van der Waals surface area contributed by atoms with Crippen LogP contribution in [0.15, 0.2) is 60.7 Å². The molecule has 4 aliphatic heterocycles. The Bertz CT molecular complexity index is 1800. The molecule has 0 saturated carbocycles. The van der Waals surface area contributed by atoms with Gasteiger partial charge in [0, 0.05) is 36.6 Å². The lowest BCUT2D eigenvalue weighted by Crippen LogP contribution is -2.47. The summed E-state index contributed by atoms with van der Waals surface area (Å²) in [6.07, 6.45) is 2.72. The molecule has 0 N–H and O–H groups in total. The summed E-state index contributed by atoms with van der Waals surface area (Å²) in [5.41, 5.74) is 6.37. The van der Waals surface area contributed by atoms with Gasteiger partial charge in [-0.2, -0.15) is 0 Å². The molecule has 3 atom stereocenters. The second-order valence-corrected chi connectivity index (χ2v) is 12.9. The fourth-order valence-corrected chi connectivity index (χ4v) is 7.42. The van der Waals surface area contributed by atoms with Crippen molar-refractivity contribution in [2.75, 3.05) is 55.6 Å². The summed E-state index contributed by atoms with van der Waals surface area (Å²) >= 11 is 0. The van der Waals surface area contributed by atoms with Crippen LogP contribution < -0.4 is 28.4 Å². The largest absolute Gasteiger partial charge is 0.633 e. The first-order valence-corrected chi connectivity index (χ1v) is 16.1. The van der Waals surface area contributed by atoms with E-state index < -0.39 is 0 Å². The Morgan fingerprint density at radius 2 is 1.45 bits per heavy atom. The number of benzene rings is 4. The van der Waals surface area contributed by atoms with Crippen molar-refractivity contribution in [3.8, 4) is 46.0 Å². The molecule has 4 aliphatic rings. The number of hydrogen-bond donors (Lipinski definition) is 0. The number of fused-ring (bicyclic) bond motifs is 2. The van der Waals surface area contributed by atoms with Gasteiger partial charge in [0.25, 0.3) is 0 Å². The first kappa shape index (κ1) is 31.2. The second-order valence-electron chi connectivity index (χ2n) is 12.9. The summed E-state index contributed by atoms with van der Waals surface area (Å²) in [7, 11) is 10.5. The van der Waals surface area contributed by atoms with E-state index in [0.717, 1.165) is 46.3 Å². The SMILES string of the molecule is COc1ccc2cc1Oc1ccc(cc1)C[C@H]1c3cc(c(OC)cc3CC[N+]1(C)[O-])Oc1c(OC)c(OC)cc3c1[C@H](C2)N(C)CC3. The highest BCUT2D eigenvalue weighted by molar-refractivity contribution is 5.63. The third kappa shape index (κ3) is 5.62. The third-order valence-electron chi connectivity index (χ3n) is 10.1. The van der Waals surface area contributed by atoms with Crippen molar-refractivity contribution in [2.24, 2.45) is 0 Å². The highest BCUT2D eigenvalue weighted by atomic mass is 16.6. The van der Waals surface area contributed by atoms with Gasteiger partial charge >= 0.3 is 0 Å². The molecule has 0 fully saturated rings. The number of likely N-dealkylation sites (N-methyl/N-ethyl adjacent to an activating group) is 2. The predicted molar refractivity (Wildman–Crippen MR) is 179 cm³/mol. The summed E-state index contributed by atoms with van der Waals surface area (Å²) in [5, 5.41) is 14.1. The lowest BCUT2D eigenvalue weighted by Gasteiger charge is -2.49. The average Bonchev–Trinajstić information content (AvgIpc) is 3.07. The number of rotatable bonds is 4. The molecule has 0 saturated heterocycles. The molecule has 4 aromatic carbocycles. The van der Waals surface area contributed by atoms with Gasteiger partial charge < -0.3 is 38.3 Å². The molecule has 47 heavy (non-hydrogen) atoms. The molecule has 8 rings (SSSR count). The van der Waals surface area contributed by atoms with Crippen LogP contribution in [0.3, 0.4) is 0 Å². The quantitative estimate of drug-likeness (QED) is 0.172. The van der Waals surface area contributed by atoms with Gasteiger partial charge in [-0.05, 0) is 84.6 Å². The number of hydrogen-bond acceptors (Lipinski definition) is 8. The fraction of sp³-hybridized carbons (Fsp3) is 0.368. The van der Waals surface area contributed by atoms with Crippen molar-refractivity contribution in [3.63, 3.8) is 0 Å². The third-order valence-corrected chi connectivity index (χ3v) is 10.1. The highest BCUT2D eigenvalue weighted by Crippen LogP contribution is 2.52. The van der Waals surface area contributed by atoms with Crippen LogP contribution in [0.4, 0.5) is 0 Å². The van der Waals surface area contributed by atoms with E-state index in [4.69, 9.17) is 28.4 Å². The summed E-state index contributed by atoms with van der Waals surface area (Å²) < 4.78 is 36.5. The molecule has 0 radical (unpaired) electrons. The number of hydroxylamine groups is 3. The van der Waals surface area contributed by atoms with E-state index in [1.807, 2.05) is 42.5 Å². The van der Waals surface area contributed by atoms with Gasteiger partial charge in [-0.25, -0.2) is 0 Å². The molecule has 9 nitrogen and oxygen atoms in total. The molecule has 1 unspecified atom stereocenters. The molecular formula is C38H42N2O7. The maximum absolute atomic E-state index is 14.1. The van der Waals surface area contributed by atoms with Crippen molar-refractivity contribution in [2.45, 2.75) is 37.8 Å². The fourth-order valence-electron chi connectivity index (χ4n) is 7.42. The average molecular weight is 639 g/mol. The number of quaternary nitrogens is 1. The van der Waals surface area contributed by atoms with E-state index in [1.54, 1.807) is 35.5 Å². The van der Waals surface area contributed by atoms with Crippen molar-refractivity contribution < 1.29 is 33.1 Å². The zero-order chi connectivity index (χ0) is 32.9. The van der Waals surface area contributed by atoms with E-state index in [9.17, 15) is 5.21 Å². The summed E-state index contributed by atoms with van der Waals surface area (Å²) in [6.45, 7) is 1.34. The van der Waals surface area contributed by atoms with Gasteiger partial charge in [-0.15, -0.1) is 0 Å². The van der Waals surface area contributed by atoms with Crippen molar-refractivity contribution in [1.82, 2.24) is 4.90 Å². The smallest absolute Gasteiger partial charge is 0.204 e. The molecule has 9 heteroatoms. The Labute approximate surface area is 276 Å². The molecule has 4 heterocycles. The Morgan fingerprint density at radius 1 is 0.745 bits per heavy atom. The van der Waals surface area contributed by atoms with Crippen LogP contribution in [0.5, 0.6) is 46.0 Å². The van der Waals surface area contributed by atoms with Crippen molar-refractivity contribution in [3.05, 3.63) is 99.3 Å². The minimum atomic E-state index is -0.383. The lowest BCUT2D eigenvalue weighted by atomic mass is 9.87. The van der Waals surface area contributed by atoms with E-state index in [-0.39, 0.29) is 16.7 Å². The number of nitrogens with zero attached hydrogens (tertiary/aromatic N) is 2. The molecular weight excluding hydrogens is 596 g/mol. The van der Waals surface area contributed by atoms with E-state index >= 15 is 0 Å². The molecule has 4 aromatic rings. The first-order valence-electron chi connectivity index (χ1n) is 16.1. The Kier molecular flexibility index (Phi) is 8.16. The summed E-state index contributed by atoms with van der Waals surface area (Å²) in [4.78, 5) is 2.35. The van der Waals surface area contributed by atoms with Gasteiger partial charge in [0.2, 0.25) is 5.75 Å². The lowest BCUT2D eigenvalue weighted by molar-refractivity contribution is -0.894. The van der Waals surface area contributed by atoms with Crippen LogP contribution >= 0.6 is 0 Å². The Morgan fingerprint density at radius 3 is 2.17 bits per heavy atom. The zero-order valence-corrected chi connectivity index (χ0v) is 27.9. The summed E-state index contributed by atoms with van der Waals surface area (Å²) in [6, 6.07) is 19.8. The summed E-state index contributed by atoms with van der Waals surface area (Å²) in [5.74, 6) is 4.85. The highest BCUT2D eigenvalue weighted by Gasteiger charge is 2.37. The van der Waals surface area contributed by atoms with Crippen LogP contribution in [0.25, 0.3) is 0 Å². The molecule has 246 valence electrons. The van der Waals surface area contributed by atoms with E-state index in [2.05, 4.69) is 30.1 Å². The minimum Gasteiger partial charge on any atom is -0.633 e. The van der Waals surface area contributed by atoms with Crippen LogP contribution in [-0.4, -0.2) is 65.2 Å². The maximum atomic E-state index is 14.1. The normalized spacial score (nSPS) is 21.8. The molecule has 0 amide bonds. The first-order chi connectivity index (χ1) is 22.7. The minimum absolute atomic E-state index is 0.0501. The van der Waals surface area contributed by atoms with Crippen molar-refractivity contribution in [1.29, 1.82) is 0 Å². The van der Waals surface area contributed by atoms with Gasteiger partial charge in [-0.3, -0.25) is 4.90 Å². The van der Waals surface area contributed by atoms with Crippen LogP contribution in [0, 0.1) is 5.21 Å². The van der Waals surface area contributed by atoms with Gasteiger partial charge in [0.05, 0.1) is 42.0 Å². The van der Waals surface area contributed by atoms with Gasteiger partial charge in [-0.1, -0.05) is 18.2 Å². The molecule has 0 aliphatic carbocycles. The van der Waals surface area contributed by atoms with Crippen LogP contribution in [-0.2, 0) is 25.7 Å². The zero-order valence-electron chi connectivity index (χ0n) is 27.9. The standard InChI is InChI=1S/C38H42N2O7/c1-39-15-13-26-21-35(44-5)37(45-6)38-36(26)29(39)17-24-9-12-31(42-3)33(19-24)46-27-10-7-23(8-11-27)18-30-28-22-34(47-38)32(43-4)20-25(28)14-16-40(30,2)41/h7-12,19-22,29-30H,13-18H2,1-6H3/t29-,30-,40?/m0/s1. The second kappa shape index (κ2) is 12.3. The molecule has 0 spiro atoms. The van der Waals surface area contributed by atoms with Crippen LogP contribution in [0.1, 0.15) is 45.5 Å². The number of methoxy groups -OCH3 is 4. The Balaban J connectivity index is 1.48. The van der Waals surface area contributed by atoms with Crippen molar-refractivity contribution >= 4 is 0 Å². The van der Waals surface area contributed by atoms with E-state index in [1.165, 1.54) is 0 Å². The topological polar surface area (TPSA) is 81.7 Å². The predicted octanol–water partition coefficient (Wildman–Crippen LogP) is 7.18.